The average molecular weight is 437 g/mol. The molecule has 0 bridgehead atoms. The number of epoxide rings is 1. The van der Waals surface area contributed by atoms with Crippen LogP contribution in [0.1, 0.15) is 155 Å². The lowest BCUT2D eigenvalue weighted by Crippen LogP contribution is -2.26. The fourth-order valence-corrected chi connectivity index (χ4v) is 5.43. The molecular weight excluding hydrogens is 380 g/mol. The van der Waals surface area contributed by atoms with Crippen molar-refractivity contribution in [2.75, 3.05) is 13.2 Å². The molecule has 0 radical (unpaired) electrons. The van der Waals surface area contributed by atoms with Gasteiger partial charge in [-0.15, -0.1) is 0 Å². The quantitative estimate of drug-likeness (QED) is 0.177. The molecule has 1 aliphatic heterocycles. The maximum atomic E-state index is 6.50. The number of hydrogen-bond acceptors (Lipinski definition) is 2. The van der Waals surface area contributed by atoms with E-state index in [2.05, 4.69) is 6.92 Å². The molecule has 2 aliphatic rings. The number of ether oxygens (including phenoxy) is 2. The molecule has 2 fully saturated rings. The summed E-state index contributed by atoms with van der Waals surface area (Å²) in [6.07, 6.45) is 33.7. The van der Waals surface area contributed by atoms with Crippen LogP contribution in [-0.4, -0.2) is 25.4 Å². The topological polar surface area (TPSA) is 21.8 Å². The van der Waals surface area contributed by atoms with E-state index < -0.39 is 0 Å². The van der Waals surface area contributed by atoms with Crippen molar-refractivity contribution in [2.24, 2.45) is 5.92 Å². The van der Waals surface area contributed by atoms with Crippen molar-refractivity contribution < 1.29 is 9.47 Å². The monoisotopic (exact) mass is 436 g/mol. The van der Waals surface area contributed by atoms with Crippen molar-refractivity contribution in [3.63, 3.8) is 0 Å². The van der Waals surface area contributed by atoms with Crippen molar-refractivity contribution in [3.05, 3.63) is 0 Å². The molecule has 2 atom stereocenters. The van der Waals surface area contributed by atoms with Gasteiger partial charge in [-0.2, -0.15) is 0 Å². The highest BCUT2D eigenvalue weighted by atomic mass is 16.6. The molecule has 2 unspecified atom stereocenters. The van der Waals surface area contributed by atoms with Gasteiger partial charge in [0.1, 0.15) is 6.10 Å². The summed E-state index contributed by atoms with van der Waals surface area (Å²) < 4.78 is 11.9. The summed E-state index contributed by atoms with van der Waals surface area (Å²) in [5.74, 6) is 0.793. The normalized spacial score (nSPS) is 22.5. The molecule has 0 aromatic carbocycles. The molecule has 184 valence electrons. The van der Waals surface area contributed by atoms with Crippen LogP contribution in [0.2, 0.25) is 0 Å². The summed E-state index contributed by atoms with van der Waals surface area (Å²) in [6, 6.07) is 0. The fourth-order valence-electron chi connectivity index (χ4n) is 5.43. The third-order valence-electron chi connectivity index (χ3n) is 7.67. The Morgan fingerprint density at radius 1 is 0.645 bits per heavy atom. The first-order valence-corrected chi connectivity index (χ1v) is 14.6. The maximum Gasteiger partial charge on any atom is 0.104 e. The molecule has 0 spiro atoms. The molecule has 2 heteroatoms. The molecular formula is C29H56O2. The molecule has 0 aromatic rings. The van der Waals surface area contributed by atoms with E-state index in [1.54, 1.807) is 0 Å². The molecule has 2 nitrogen and oxygen atoms in total. The van der Waals surface area contributed by atoms with Gasteiger partial charge in [-0.05, 0) is 25.2 Å². The first-order chi connectivity index (χ1) is 15.4. The predicted molar refractivity (Wildman–Crippen MR) is 135 cm³/mol. The Bertz CT molecular complexity index is 367. The molecule has 0 aromatic heterocycles. The average Bonchev–Trinajstić information content (AvgIpc) is 3.59. The molecule has 0 amide bonds. The standard InChI is InChI=1S/C29H56O2/c1-2-3-4-5-6-7-8-12-15-18-21-24-29(31-26-28-25-30-28)27-22-19-16-13-10-9-11-14-17-20-23-27/h27-29H,2-26H2,1H3. The van der Waals surface area contributed by atoms with Crippen LogP contribution in [0.4, 0.5) is 0 Å². The van der Waals surface area contributed by atoms with Crippen LogP contribution in [0.15, 0.2) is 0 Å². The van der Waals surface area contributed by atoms with Gasteiger partial charge in [0.2, 0.25) is 0 Å². The van der Waals surface area contributed by atoms with Crippen molar-refractivity contribution >= 4 is 0 Å². The largest absolute Gasteiger partial charge is 0.375 e. The first kappa shape index (κ1) is 27.2. The highest BCUT2D eigenvalue weighted by Crippen LogP contribution is 2.29. The van der Waals surface area contributed by atoms with Gasteiger partial charge >= 0.3 is 0 Å². The van der Waals surface area contributed by atoms with Gasteiger partial charge in [-0.1, -0.05) is 135 Å². The van der Waals surface area contributed by atoms with Crippen LogP contribution >= 0.6 is 0 Å². The molecule has 1 saturated heterocycles. The van der Waals surface area contributed by atoms with Crippen LogP contribution < -0.4 is 0 Å². The Labute approximate surface area is 195 Å². The van der Waals surface area contributed by atoms with Gasteiger partial charge in [0.25, 0.3) is 0 Å². The Morgan fingerprint density at radius 2 is 1.10 bits per heavy atom. The number of rotatable bonds is 16. The van der Waals surface area contributed by atoms with E-state index in [0.29, 0.717) is 12.2 Å². The summed E-state index contributed by atoms with van der Waals surface area (Å²) in [6.45, 7) is 4.08. The van der Waals surface area contributed by atoms with E-state index in [1.807, 2.05) is 0 Å². The lowest BCUT2D eigenvalue weighted by atomic mass is 9.86. The zero-order chi connectivity index (χ0) is 21.8. The van der Waals surface area contributed by atoms with Crippen LogP contribution in [0, 0.1) is 5.92 Å². The maximum absolute atomic E-state index is 6.50. The second-order valence-corrected chi connectivity index (χ2v) is 10.7. The van der Waals surface area contributed by atoms with Crippen LogP contribution in [-0.2, 0) is 9.47 Å². The SMILES string of the molecule is CCCCCCCCCCCCCC(OCC1CO1)C1CCCCCCCCCCC1. The minimum atomic E-state index is 0.408. The Balaban J connectivity index is 1.61. The van der Waals surface area contributed by atoms with Gasteiger partial charge < -0.3 is 9.47 Å². The van der Waals surface area contributed by atoms with Crippen LogP contribution in [0.25, 0.3) is 0 Å². The Morgan fingerprint density at radius 3 is 1.58 bits per heavy atom. The van der Waals surface area contributed by atoms with E-state index in [0.717, 1.165) is 19.1 Å². The molecule has 31 heavy (non-hydrogen) atoms. The predicted octanol–water partition coefficient (Wildman–Crippen LogP) is 9.39. The summed E-state index contributed by atoms with van der Waals surface area (Å²) in [7, 11) is 0. The van der Waals surface area contributed by atoms with E-state index in [4.69, 9.17) is 9.47 Å². The first-order valence-electron chi connectivity index (χ1n) is 14.6. The van der Waals surface area contributed by atoms with Crippen molar-refractivity contribution in [2.45, 2.75) is 167 Å². The molecule has 1 saturated carbocycles. The van der Waals surface area contributed by atoms with Gasteiger partial charge in [0.05, 0.1) is 19.3 Å². The summed E-state index contributed by atoms with van der Waals surface area (Å²) in [5, 5.41) is 0. The lowest BCUT2D eigenvalue weighted by molar-refractivity contribution is -0.00869. The number of hydrogen-bond donors (Lipinski definition) is 0. The van der Waals surface area contributed by atoms with Gasteiger partial charge in [-0.3, -0.25) is 0 Å². The van der Waals surface area contributed by atoms with Crippen LogP contribution in [0.5, 0.6) is 0 Å². The molecule has 0 N–H and O–H groups in total. The highest BCUT2D eigenvalue weighted by molar-refractivity contribution is 4.75. The van der Waals surface area contributed by atoms with Crippen molar-refractivity contribution in [3.8, 4) is 0 Å². The zero-order valence-electron chi connectivity index (χ0n) is 21.2. The fraction of sp³-hybridized carbons (Fsp3) is 1.00. The lowest BCUT2D eigenvalue weighted by Gasteiger charge is -2.28. The zero-order valence-corrected chi connectivity index (χ0v) is 21.2. The molecule has 1 heterocycles. The van der Waals surface area contributed by atoms with Gasteiger partial charge in [-0.25, -0.2) is 0 Å². The summed E-state index contributed by atoms with van der Waals surface area (Å²) in [5.41, 5.74) is 0. The van der Waals surface area contributed by atoms with E-state index >= 15 is 0 Å². The highest BCUT2D eigenvalue weighted by Gasteiger charge is 2.27. The minimum Gasteiger partial charge on any atom is -0.375 e. The second-order valence-electron chi connectivity index (χ2n) is 10.7. The van der Waals surface area contributed by atoms with Gasteiger partial charge in [0.15, 0.2) is 0 Å². The summed E-state index contributed by atoms with van der Waals surface area (Å²) in [4.78, 5) is 0. The third kappa shape index (κ3) is 15.4. The Kier molecular flexibility index (Phi) is 17.0. The smallest absolute Gasteiger partial charge is 0.104 e. The van der Waals surface area contributed by atoms with Crippen molar-refractivity contribution in [1.82, 2.24) is 0 Å². The van der Waals surface area contributed by atoms with Crippen molar-refractivity contribution in [1.29, 1.82) is 0 Å². The molecule has 2 rings (SSSR count). The van der Waals surface area contributed by atoms with E-state index in [1.165, 1.54) is 148 Å². The number of unbranched alkanes of at least 4 members (excludes halogenated alkanes) is 10. The second kappa shape index (κ2) is 19.4. The van der Waals surface area contributed by atoms with E-state index in [9.17, 15) is 0 Å². The molecule has 1 aliphatic carbocycles. The Hall–Kier alpha value is -0.0800. The minimum absolute atomic E-state index is 0.408. The third-order valence-corrected chi connectivity index (χ3v) is 7.67. The summed E-state index contributed by atoms with van der Waals surface area (Å²) >= 11 is 0. The van der Waals surface area contributed by atoms with Gasteiger partial charge in [0, 0.05) is 0 Å². The van der Waals surface area contributed by atoms with Crippen LogP contribution in [0.3, 0.4) is 0 Å². The van der Waals surface area contributed by atoms with E-state index in [-0.39, 0.29) is 0 Å².